The molecule has 70 valence electrons. The first-order chi connectivity index (χ1) is 6.14. The minimum absolute atomic E-state index is 1.10. The normalized spacial score (nSPS) is 11.2. The lowest BCUT2D eigenvalue weighted by molar-refractivity contribution is 1.10. The lowest BCUT2D eigenvalue weighted by atomic mass is 10.2. The first kappa shape index (κ1) is 10.3. The average Bonchev–Trinajstić information content (AvgIpc) is 2.17. The summed E-state index contributed by atoms with van der Waals surface area (Å²) in [5.41, 5.74) is 3.63. The Morgan fingerprint density at radius 1 is 1.23 bits per heavy atom. The topological polar surface area (TPSA) is 0 Å². The molecular weight excluding hydrogens is 172 g/mol. The van der Waals surface area contributed by atoms with Gasteiger partial charge in [0.05, 0.1) is 8.07 Å². The largest absolute Gasteiger partial charge is 0.107 e. The third-order valence-electron chi connectivity index (χ3n) is 2.45. The Balaban J connectivity index is 2.48. The van der Waals surface area contributed by atoms with Crippen LogP contribution < -0.4 is 0 Å². The zero-order chi connectivity index (χ0) is 9.73. The molecule has 0 saturated carbocycles. The van der Waals surface area contributed by atoms with Crippen LogP contribution in [-0.4, -0.2) is 8.07 Å². The second-order valence-electron chi connectivity index (χ2n) is 4.18. The minimum atomic E-state index is -1.10. The summed E-state index contributed by atoms with van der Waals surface area (Å²) in [6.07, 6.45) is 1.20. The Bertz CT molecular complexity index is 262. The third-order valence-corrected chi connectivity index (χ3v) is 5.10. The highest BCUT2D eigenvalue weighted by Crippen LogP contribution is 2.14. The van der Waals surface area contributed by atoms with E-state index in [4.69, 9.17) is 0 Å². The van der Waals surface area contributed by atoms with E-state index >= 15 is 0 Å². The summed E-state index contributed by atoms with van der Waals surface area (Å²) in [5, 5.41) is 0. The molecule has 0 nitrogen and oxygen atoms in total. The smallest absolute Gasteiger partial charge is 0.0712 e. The van der Waals surface area contributed by atoms with Crippen LogP contribution >= 0.6 is 0 Å². The van der Waals surface area contributed by atoms with Gasteiger partial charge >= 0.3 is 0 Å². The number of hydrogen-bond acceptors (Lipinski definition) is 0. The van der Waals surface area contributed by atoms with Gasteiger partial charge in [-0.15, -0.1) is 12.3 Å². The molecule has 1 heteroatoms. The van der Waals surface area contributed by atoms with Crippen LogP contribution in [0.2, 0.25) is 19.1 Å². The van der Waals surface area contributed by atoms with E-state index in [2.05, 4.69) is 55.7 Å². The molecular formula is C12H18Si. The summed E-state index contributed by atoms with van der Waals surface area (Å²) < 4.78 is 0. The van der Waals surface area contributed by atoms with Gasteiger partial charge in [-0.1, -0.05) is 49.5 Å². The molecule has 0 radical (unpaired) electrons. The van der Waals surface area contributed by atoms with Gasteiger partial charge in [-0.2, -0.15) is 0 Å². The molecule has 13 heavy (non-hydrogen) atoms. The maximum Gasteiger partial charge on any atom is 0.0712 e. The van der Waals surface area contributed by atoms with Gasteiger partial charge in [0.15, 0.2) is 0 Å². The molecule has 1 aromatic rings. The van der Waals surface area contributed by atoms with E-state index in [1.807, 2.05) is 0 Å². The van der Waals surface area contributed by atoms with Crippen molar-refractivity contribution in [3.8, 4) is 0 Å². The summed E-state index contributed by atoms with van der Waals surface area (Å²) in [6, 6.07) is 12.0. The van der Waals surface area contributed by atoms with Crippen molar-refractivity contribution in [3.05, 3.63) is 48.2 Å². The highest BCUT2D eigenvalue weighted by atomic mass is 28.3. The molecule has 0 aliphatic carbocycles. The van der Waals surface area contributed by atoms with E-state index in [0.29, 0.717) is 0 Å². The van der Waals surface area contributed by atoms with E-state index in [0.717, 1.165) is 0 Å². The van der Waals surface area contributed by atoms with Crippen molar-refractivity contribution in [3.63, 3.8) is 0 Å². The predicted molar refractivity (Wildman–Crippen MR) is 62.6 cm³/mol. The molecule has 0 aliphatic heterocycles. The van der Waals surface area contributed by atoms with E-state index in [-0.39, 0.29) is 0 Å². The molecule has 1 aromatic carbocycles. The lowest BCUT2D eigenvalue weighted by Crippen LogP contribution is -2.22. The Morgan fingerprint density at radius 2 is 1.85 bits per heavy atom. The molecule has 0 unspecified atom stereocenters. The summed E-state index contributed by atoms with van der Waals surface area (Å²) >= 11 is 0. The Morgan fingerprint density at radius 3 is 2.38 bits per heavy atom. The van der Waals surface area contributed by atoms with E-state index < -0.39 is 8.07 Å². The minimum Gasteiger partial charge on any atom is -0.107 e. The van der Waals surface area contributed by atoms with Crippen molar-refractivity contribution >= 4 is 8.07 Å². The van der Waals surface area contributed by atoms with Crippen molar-refractivity contribution in [2.75, 3.05) is 0 Å². The zero-order valence-corrected chi connectivity index (χ0v) is 9.59. The lowest BCUT2D eigenvalue weighted by Gasteiger charge is -2.16. The van der Waals surface area contributed by atoms with Gasteiger partial charge in [-0.05, 0) is 12.0 Å². The van der Waals surface area contributed by atoms with Gasteiger partial charge in [0, 0.05) is 0 Å². The molecule has 0 aliphatic rings. The molecule has 0 atom stereocenters. The monoisotopic (exact) mass is 190 g/mol. The van der Waals surface area contributed by atoms with Crippen LogP contribution in [-0.2, 0) is 6.42 Å². The van der Waals surface area contributed by atoms with E-state index in [1.165, 1.54) is 18.0 Å². The number of hydrogen-bond donors (Lipinski definition) is 0. The SMILES string of the molecule is C=C[Si](C)(C)CCc1ccccc1. The maximum atomic E-state index is 3.91. The van der Waals surface area contributed by atoms with Crippen LogP contribution in [0.4, 0.5) is 0 Å². The Kier molecular flexibility index (Phi) is 3.49. The molecule has 0 aromatic heterocycles. The van der Waals surface area contributed by atoms with Crippen molar-refractivity contribution < 1.29 is 0 Å². The fraction of sp³-hybridized carbons (Fsp3) is 0.333. The first-order valence-corrected chi connectivity index (χ1v) is 8.10. The van der Waals surface area contributed by atoms with Crippen LogP contribution in [0.5, 0.6) is 0 Å². The van der Waals surface area contributed by atoms with Gasteiger partial charge in [0.2, 0.25) is 0 Å². The van der Waals surface area contributed by atoms with Gasteiger partial charge in [0.25, 0.3) is 0 Å². The second kappa shape index (κ2) is 4.42. The van der Waals surface area contributed by atoms with Crippen LogP contribution in [0.1, 0.15) is 5.56 Å². The fourth-order valence-corrected chi connectivity index (χ4v) is 2.35. The van der Waals surface area contributed by atoms with Crippen LogP contribution in [0.15, 0.2) is 42.6 Å². The Hall–Kier alpha value is -0.823. The fourth-order valence-electron chi connectivity index (χ4n) is 1.21. The molecule has 1 rings (SSSR count). The molecule has 0 heterocycles. The summed E-state index contributed by atoms with van der Waals surface area (Å²) in [4.78, 5) is 0. The standard InChI is InChI=1S/C12H18Si/c1-4-13(2,3)11-10-12-8-6-5-7-9-12/h4-9H,1,10-11H2,2-3H3. The van der Waals surface area contributed by atoms with Crippen molar-refractivity contribution in [2.24, 2.45) is 0 Å². The predicted octanol–water partition coefficient (Wildman–Crippen LogP) is 3.66. The number of benzene rings is 1. The van der Waals surface area contributed by atoms with Gasteiger partial charge in [-0.25, -0.2) is 0 Å². The van der Waals surface area contributed by atoms with Crippen LogP contribution in [0.3, 0.4) is 0 Å². The Labute approximate surface area is 82.3 Å². The van der Waals surface area contributed by atoms with E-state index in [9.17, 15) is 0 Å². The second-order valence-corrected chi connectivity index (χ2v) is 9.06. The van der Waals surface area contributed by atoms with Gasteiger partial charge in [0.1, 0.15) is 0 Å². The highest BCUT2D eigenvalue weighted by Gasteiger charge is 2.14. The molecule has 0 fully saturated rings. The average molecular weight is 190 g/mol. The van der Waals surface area contributed by atoms with Gasteiger partial charge < -0.3 is 0 Å². The first-order valence-electron chi connectivity index (χ1n) is 4.81. The summed E-state index contributed by atoms with van der Waals surface area (Å²) in [6.45, 7) is 8.63. The summed E-state index contributed by atoms with van der Waals surface area (Å²) in [5.74, 6) is 0. The third kappa shape index (κ3) is 3.60. The van der Waals surface area contributed by atoms with Crippen molar-refractivity contribution in [1.29, 1.82) is 0 Å². The molecule has 0 spiro atoms. The van der Waals surface area contributed by atoms with Crippen molar-refractivity contribution in [2.45, 2.75) is 25.6 Å². The van der Waals surface area contributed by atoms with E-state index in [1.54, 1.807) is 0 Å². The molecule has 0 bridgehead atoms. The quantitative estimate of drug-likeness (QED) is 0.636. The van der Waals surface area contributed by atoms with Crippen LogP contribution in [0, 0.1) is 0 Å². The number of rotatable bonds is 4. The van der Waals surface area contributed by atoms with Crippen LogP contribution in [0.25, 0.3) is 0 Å². The van der Waals surface area contributed by atoms with Gasteiger partial charge in [-0.3, -0.25) is 0 Å². The zero-order valence-electron chi connectivity index (χ0n) is 8.59. The maximum absolute atomic E-state index is 3.91. The highest BCUT2D eigenvalue weighted by molar-refractivity contribution is 6.82. The van der Waals surface area contributed by atoms with Crippen molar-refractivity contribution in [1.82, 2.24) is 0 Å². The number of aryl methyl sites for hydroxylation is 1. The molecule has 0 saturated heterocycles. The molecule has 0 N–H and O–H groups in total. The summed E-state index contributed by atoms with van der Waals surface area (Å²) in [7, 11) is -1.10. The molecule has 0 amide bonds.